The fraction of sp³-hybridized carbons (Fsp3) is 0.462. The van der Waals surface area contributed by atoms with E-state index in [9.17, 15) is 0 Å². The number of methoxy groups -OCH3 is 1. The first-order valence-electron chi connectivity index (χ1n) is 5.74. The van der Waals surface area contributed by atoms with Crippen LogP contribution in [0.25, 0.3) is 0 Å². The molecule has 0 aliphatic carbocycles. The SMILES string of the molecule is COC(C)(C)CCOc1ccc(/C(N)=N/O)cc1. The van der Waals surface area contributed by atoms with E-state index in [1.54, 1.807) is 31.4 Å². The van der Waals surface area contributed by atoms with Crippen LogP contribution in [0.2, 0.25) is 0 Å². The van der Waals surface area contributed by atoms with Crippen molar-refractivity contribution in [1.82, 2.24) is 0 Å². The fourth-order valence-electron chi connectivity index (χ4n) is 1.30. The van der Waals surface area contributed by atoms with E-state index in [4.69, 9.17) is 20.4 Å². The van der Waals surface area contributed by atoms with Crippen molar-refractivity contribution in [2.75, 3.05) is 13.7 Å². The van der Waals surface area contributed by atoms with Gasteiger partial charge in [-0.3, -0.25) is 0 Å². The van der Waals surface area contributed by atoms with Crippen molar-refractivity contribution >= 4 is 5.84 Å². The quantitative estimate of drug-likeness (QED) is 0.351. The zero-order valence-electron chi connectivity index (χ0n) is 11.0. The van der Waals surface area contributed by atoms with Crippen molar-refractivity contribution in [3.8, 4) is 5.75 Å². The second-order valence-electron chi connectivity index (χ2n) is 4.57. The molecule has 0 aromatic heterocycles. The number of ether oxygens (including phenoxy) is 2. The Hall–Kier alpha value is -1.75. The van der Waals surface area contributed by atoms with Gasteiger partial charge >= 0.3 is 0 Å². The van der Waals surface area contributed by atoms with Gasteiger partial charge in [-0.25, -0.2) is 0 Å². The van der Waals surface area contributed by atoms with Gasteiger partial charge in [0.1, 0.15) is 5.75 Å². The monoisotopic (exact) mass is 252 g/mol. The lowest BCUT2D eigenvalue weighted by molar-refractivity contribution is 0.00546. The molecule has 100 valence electrons. The molecule has 0 aliphatic heterocycles. The number of nitrogens with zero attached hydrogens (tertiary/aromatic N) is 1. The summed E-state index contributed by atoms with van der Waals surface area (Å²) >= 11 is 0. The molecule has 5 nitrogen and oxygen atoms in total. The molecule has 0 amide bonds. The molecule has 0 aliphatic rings. The Morgan fingerprint density at radius 3 is 2.44 bits per heavy atom. The molecule has 0 bridgehead atoms. The van der Waals surface area contributed by atoms with Crippen LogP contribution in [0.5, 0.6) is 5.75 Å². The van der Waals surface area contributed by atoms with E-state index in [1.165, 1.54) is 0 Å². The number of nitrogens with two attached hydrogens (primary N) is 1. The standard InChI is InChI=1S/C13H20N2O3/c1-13(2,17-3)8-9-18-11-6-4-10(5-7-11)12(14)15-16/h4-7,16H,8-9H2,1-3H3,(H2,14,15). The molecular formula is C13H20N2O3. The molecule has 0 saturated heterocycles. The van der Waals surface area contributed by atoms with E-state index in [2.05, 4.69) is 5.16 Å². The third-order valence-electron chi connectivity index (χ3n) is 2.78. The number of rotatable bonds is 6. The number of hydrogen-bond acceptors (Lipinski definition) is 4. The Kier molecular flexibility index (Phi) is 4.97. The summed E-state index contributed by atoms with van der Waals surface area (Å²) in [5.41, 5.74) is 5.93. The van der Waals surface area contributed by atoms with Crippen LogP contribution >= 0.6 is 0 Å². The van der Waals surface area contributed by atoms with Gasteiger partial charge < -0.3 is 20.4 Å². The Labute approximate surface area is 107 Å². The van der Waals surface area contributed by atoms with Crippen molar-refractivity contribution < 1.29 is 14.7 Å². The summed E-state index contributed by atoms with van der Waals surface area (Å²) in [5.74, 6) is 0.832. The predicted octanol–water partition coefficient (Wildman–Crippen LogP) is 1.98. The summed E-state index contributed by atoms with van der Waals surface area (Å²) in [6.07, 6.45) is 0.797. The summed E-state index contributed by atoms with van der Waals surface area (Å²) < 4.78 is 10.9. The van der Waals surface area contributed by atoms with E-state index in [1.807, 2.05) is 13.8 Å². The molecule has 0 heterocycles. The van der Waals surface area contributed by atoms with Gasteiger partial charge in [-0.2, -0.15) is 0 Å². The number of amidine groups is 1. The molecule has 0 unspecified atom stereocenters. The summed E-state index contributed by atoms with van der Waals surface area (Å²) in [7, 11) is 1.69. The minimum absolute atomic E-state index is 0.0852. The van der Waals surface area contributed by atoms with Crippen molar-refractivity contribution in [2.45, 2.75) is 25.9 Å². The lowest BCUT2D eigenvalue weighted by Gasteiger charge is -2.22. The highest BCUT2D eigenvalue weighted by molar-refractivity contribution is 5.97. The van der Waals surface area contributed by atoms with Crippen molar-refractivity contribution in [2.24, 2.45) is 10.9 Å². The normalized spacial score (nSPS) is 12.5. The number of oxime groups is 1. The molecule has 0 saturated carbocycles. The maximum atomic E-state index is 8.53. The second-order valence-corrected chi connectivity index (χ2v) is 4.57. The van der Waals surface area contributed by atoms with Gasteiger partial charge in [0.2, 0.25) is 0 Å². The van der Waals surface area contributed by atoms with E-state index in [-0.39, 0.29) is 11.4 Å². The maximum Gasteiger partial charge on any atom is 0.170 e. The molecule has 1 aromatic rings. The fourth-order valence-corrected chi connectivity index (χ4v) is 1.30. The molecule has 3 N–H and O–H groups in total. The molecular weight excluding hydrogens is 232 g/mol. The van der Waals surface area contributed by atoms with Crippen LogP contribution in [0.3, 0.4) is 0 Å². The first-order chi connectivity index (χ1) is 8.48. The molecule has 18 heavy (non-hydrogen) atoms. The van der Waals surface area contributed by atoms with Gasteiger partial charge in [0.15, 0.2) is 5.84 Å². The molecule has 0 atom stereocenters. The van der Waals surface area contributed by atoms with Gasteiger partial charge in [0, 0.05) is 19.1 Å². The van der Waals surface area contributed by atoms with Crippen LogP contribution in [0.1, 0.15) is 25.8 Å². The maximum absolute atomic E-state index is 8.53. The molecule has 5 heteroatoms. The number of benzene rings is 1. The van der Waals surface area contributed by atoms with Crippen molar-refractivity contribution in [3.63, 3.8) is 0 Å². The van der Waals surface area contributed by atoms with Gasteiger partial charge in [0.25, 0.3) is 0 Å². The molecule has 0 fully saturated rings. The minimum Gasteiger partial charge on any atom is -0.493 e. The smallest absolute Gasteiger partial charge is 0.170 e. The highest BCUT2D eigenvalue weighted by Gasteiger charge is 2.15. The van der Waals surface area contributed by atoms with Gasteiger partial charge in [0.05, 0.1) is 12.2 Å². The highest BCUT2D eigenvalue weighted by atomic mass is 16.5. The van der Waals surface area contributed by atoms with Gasteiger partial charge in [-0.1, -0.05) is 5.16 Å². The first kappa shape index (κ1) is 14.3. The third kappa shape index (κ3) is 4.25. The van der Waals surface area contributed by atoms with Crippen molar-refractivity contribution in [1.29, 1.82) is 0 Å². The van der Waals surface area contributed by atoms with E-state index in [0.717, 1.165) is 12.2 Å². The van der Waals surface area contributed by atoms with Crippen LogP contribution in [0.4, 0.5) is 0 Å². The summed E-state index contributed by atoms with van der Waals surface area (Å²) in [5, 5.41) is 11.5. The lowest BCUT2D eigenvalue weighted by Crippen LogP contribution is -2.25. The van der Waals surface area contributed by atoms with Crippen LogP contribution in [0, 0.1) is 0 Å². The van der Waals surface area contributed by atoms with Gasteiger partial charge in [-0.05, 0) is 38.1 Å². The van der Waals surface area contributed by atoms with Crippen LogP contribution < -0.4 is 10.5 Å². The lowest BCUT2D eigenvalue weighted by atomic mass is 10.1. The first-order valence-corrected chi connectivity index (χ1v) is 5.74. The Bertz CT molecular complexity index is 399. The summed E-state index contributed by atoms with van der Waals surface area (Å²) in [6, 6.07) is 7.05. The Morgan fingerprint density at radius 1 is 1.33 bits per heavy atom. The molecule has 1 aromatic carbocycles. The van der Waals surface area contributed by atoms with Gasteiger partial charge in [-0.15, -0.1) is 0 Å². The summed E-state index contributed by atoms with van der Waals surface area (Å²) in [6.45, 7) is 4.60. The molecule has 0 spiro atoms. The molecule has 0 radical (unpaired) electrons. The topological polar surface area (TPSA) is 77.1 Å². The highest BCUT2D eigenvalue weighted by Crippen LogP contribution is 2.16. The van der Waals surface area contributed by atoms with E-state index < -0.39 is 0 Å². The molecule has 1 rings (SSSR count). The van der Waals surface area contributed by atoms with E-state index >= 15 is 0 Å². The van der Waals surface area contributed by atoms with E-state index in [0.29, 0.717) is 12.2 Å². The zero-order chi connectivity index (χ0) is 13.6. The average molecular weight is 252 g/mol. The predicted molar refractivity (Wildman–Crippen MR) is 70.2 cm³/mol. The second kappa shape index (κ2) is 6.26. The van der Waals surface area contributed by atoms with Crippen molar-refractivity contribution in [3.05, 3.63) is 29.8 Å². The summed E-state index contributed by atoms with van der Waals surface area (Å²) in [4.78, 5) is 0. The zero-order valence-corrected chi connectivity index (χ0v) is 11.0. The largest absolute Gasteiger partial charge is 0.493 e. The number of hydrogen-bond donors (Lipinski definition) is 2. The Morgan fingerprint density at radius 2 is 1.94 bits per heavy atom. The third-order valence-corrected chi connectivity index (χ3v) is 2.78. The Balaban J connectivity index is 2.50. The minimum atomic E-state index is -0.187. The van der Waals surface area contributed by atoms with Crippen LogP contribution in [-0.4, -0.2) is 30.4 Å². The van der Waals surface area contributed by atoms with Crippen LogP contribution in [0.15, 0.2) is 29.4 Å². The van der Waals surface area contributed by atoms with Crippen LogP contribution in [-0.2, 0) is 4.74 Å². The average Bonchev–Trinajstić information content (AvgIpc) is 2.38.